The number of benzene rings is 1. The molecular weight excluding hydrogens is 253 g/mol. The first-order chi connectivity index (χ1) is 7.50. The first-order valence-corrected chi connectivity index (χ1v) is 7.29. The Kier molecular flexibility index (Phi) is 3.08. The molecular formula is C10H11ClFNO2S. The van der Waals surface area contributed by atoms with Crippen molar-refractivity contribution in [3.05, 3.63) is 24.0 Å². The molecule has 0 N–H and O–H groups in total. The molecule has 0 unspecified atom stereocenters. The predicted octanol–water partition coefficient (Wildman–Crippen LogP) is 2.35. The van der Waals surface area contributed by atoms with Gasteiger partial charge in [-0.15, -0.1) is 0 Å². The maximum absolute atomic E-state index is 13.5. The van der Waals surface area contributed by atoms with Gasteiger partial charge >= 0.3 is 0 Å². The van der Waals surface area contributed by atoms with Gasteiger partial charge in [0.15, 0.2) is 0 Å². The van der Waals surface area contributed by atoms with E-state index in [1.54, 1.807) is 6.07 Å². The number of anilines is 1. The molecule has 3 nitrogen and oxygen atoms in total. The van der Waals surface area contributed by atoms with Gasteiger partial charge in [0.2, 0.25) is 0 Å². The van der Waals surface area contributed by atoms with Crippen molar-refractivity contribution >= 4 is 25.4 Å². The Hall–Kier alpha value is -0.810. The van der Waals surface area contributed by atoms with Crippen LogP contribution in [0.15, 0.2) is 23.1 Å². The van der Waals surface area contributed by atoms with Gasteiger partial charge in [-0.05, 0) is 25.0 Å². The van der Waals surface area contributed by atoms with Crippen LogP contribution in [0.1, 0.15) is 12.8 Å². The highest BCUT2D eigenvalue weighted by Gasteiger charge is 2.25. The lowest BCUT2D eigenvalue weighted by atomic mass is 10.3. The highest BCUT2D eigenvalue weighted by atomic mass is 35.7. The second-order valence-corrected chi connectivity index (χ2v) is 6.22. The lowest BCUT2D eigenvalue weighted by molar-refractivity contribution is 0.575. The minimum absolute atomic E-state index is 0.368. The fourth-order valence-electron chi connectivity index (χ4n) is 1.95. The summed E-state index contributed by atoms with van der Waals surface area (Å²) in [6.45, 7) is 1.48. The van der Waals surface area contributed by atoms with Crippen LogP contribution in [0.3, 0.4) is 0 Å². The molecule has 0 atom stereocenters. The van der Waals surface area contributed by atoms with E-state index in [-0.39, 0.29) is 0 Å². The maximum Gasteiger partial charge on any atom is 0.266 e. The van der Waals surface area contributed by atoms with Crippen LogP contribution in [0.5, 0.6) is 0 Å². The van der Waals surface area contributed by atoms with Crippen LogP contribution in [0.2, 0.25) is 0 Å². The summed E-state index contributed by atoms with van der Waals surface area (Å²) >= 11 is 0. The SMILES string of the molecule is O=S(=O)(Cl)c1c(F)cccc1N1CCCC1. The van der Waals surface area contributed by atoms with Crippen LogP contribution in [0.4, 0.5) is 10.1 Å². The summed E-state index contributed by atoms with van der Waals surface area (Å²) in [4.78, 5) is 1.44. The molecule has 0 bridgehead atoms. The Balaban J connectivity index is 2.56. The van der Waals surface area contributed by atoms with Gasteiger partial charge in [0.1, 0.15) is 10.7 Å². The Morgan fingerprint density at radius 1 is 1.25 bits per heavy atom. The van der Waals surface area contributed by atoms with Gasteiger partial charge in [0.25, 0.3) is 9.05 Å². The van der Waals surface area contributed by atoms with Crippen molar-refractivity contribution in [3.63, 3.8) is 0 Å². The molecule has 1 saturated heterocycles. The van der Waals surface area contributed by atoms with E-state index in [2.05, 4.69) is 0 Å². The van der Waals surface area contributed by atoms with Crippen molar-refractivity contribution in [2.24, 2.45) is 0 Å². The molecule has 1 aliphatic heterocycles. The molecule has 2 rings (SSSR count). The molecule has 0 aromatic heterocycles. The average Bonchev–Trinajstić information content (AvgIpc) is 2.67. The third-order valence-corrected chi connectivity index (χ3v) is 3.99. The minimum Gasteiger partial charge on any atom is -0.370 e. The van der Waals surface area contributed by atoms with Crippen molar-refractivity contribution in [2.75, 3.05) is 18.0 Å². The van der Waals surface area contributed by atoms with Crippen LogP contribution in [-0.2, 0) is 9.05 Å². The number of nitrogens with zero attached hydrogens (tertiary/aromatic N) is 1. The molecule has 0 saturated carbocycles. The van der Waals surface area contributed by atoms with Gasteiger partial charge in [-0.3, -0.25) is 0 Å². The predicted molar refractivity (Wildman–Crippen MR) is 60.9 cm³/mol. The standard InChI is InChI=1S/C10H11ClFNO2S/c11-16(14,15)10-8(12)4-3-5-9(10)13-6-1-2-7-13/h3-5H,1-2,6-7H2. The third kappa shape index (κ3) is 2.15. The van der Waals surface area contributed by atoms with Gasteiger partial charge in [-0.1, -0.05) is 6.07 Å². The van der Waals surface area contributed by atoms with Crippen molar-refractivity contribution in [1.82, 2.24) is 0 Å². The number of rotatable bonds is 2. The lowest BCUT2D eigenvalue weighted by Crippen LogP contribution is -2.20. The normalized spacial score (nSPS) is 16.8. The largest absolute Gasteiger partial charge is 0.370 e. The molecule has 88 valence electrons. The van der Waals surface area contributed by atoms with Crippen LogP contribution >= 0.6 is 10.7 Å². The van der Waals surface area contributed by atoms with Gasteiger partial charge in [0.05, 0.1) is 5.69 Å². The van der Waals surface area contributed by atoms with Crippen LogP contribution in [0, 0.1) is 5.82 Å². The Morgan fingerprint density at radius 2 is 1.88 bits per heavy atom. The molecule has 0 spiro atoms. The number of halogens is 2. The average molecular weight is 264 g/mol. The smallest absolute Gasteiger partial charge is 0.266 e. The number of hydrogen-bond donors (Lipinski definition) is 0. The molecule has 1 heterocycles. The Bertz CT molecular complexity index is 498. The summed E-state index contributed by atoms with van der Waals surface area (Å²) in [5.41, 5.74) is 0.368. The molecule has 1 fully saturated rings. The highest BCUT2D eigenvalue weighted by Crippen LogP contribution is 2.32. The fraction of sp³-hybridized carbons (Fsp3) is 0.400. The zero-order valence-electron chi connectivity index (χ0n) is 8.49. The summed E-state index contributed by atoms with van der Waals surface area (Å²) in [5, 5.41) is 0. The molecule has 1 aromatic carbocycles. The van der Waals surface area contributed by atoms with Gasteiger partial charge in [0, 0.05) is 23.8 Å². The quantitative estimate of drug-likeness (QED) is 0.769. The van der Waals surface area contributed by atoms with Gasteiger partial charge in [-0.2, -0.15) is 0 Å². The summed E-state index contributed by atoms with van der Waals surface area (Å²) < 4.78 is 36.2. The van der Waals surface area contributed by atoms with E-state index in [4.69, 9.17) is 10.7 Å². The molecule has 1 aliphatic rings. The first-order valence-electron chi connectivity index (χ1n) is 4.98. The van der Waals surface area contributed by atoms with Crippen molar-refractivity contribution in [3.8, 4) is 0 Å². The molecule has 6 heteroatoms. The second-order valence-electron chi connectivity index (χ2n) is 3.72. The van der Waals surface area contributed by atoms with Crippen LogP contribution in [-0.4, -0.2) is 21.5 Å². The zero-order chi connectivity index (χ0) is 11.8. The van der Waals surface area contributed by atoms with E-state index in [0.717, 1.165) is 32.0 Å². The van der Waals surface area contributed by atoms with Gasteiger partial charge < -0.3 is 4.90 Å². The monoisotopic (exact) mass is 263 g/mol. The fourth-order valence-corrected chi connectivity index (χ4v) is 3.15. The Labute approximate surface area is 98.2 Å². The van der Waals surface area contributed by atoms with E-state index >= 15 is 0 Å². The van der Waals surface area contributed by atoms with E-state index in [9.17, 15) is 12.8 Å². The van der Waals surface area contributed by atoms with E-state index in [0.29, 0.717) is 5.69 Å². The van der Waals surface area contributed by atoms with Crippen molar-refractivity contribution in [2.45, 2.75) is 17.7 Å². The third-order valence-electron chi connectivity index (χ3n) is 2.64. The van der Waals surface area contributed by atoms with Crippen molar-refractivity contribution < 1.29 is 12.8 Å². The van der Waals surface area contributed by atoms with E-state index in [1.165, 1.54) is 6.07 Å². The lowest BCUT2D eigenvalue weighted by Gasteiger charge is -2.20. The van der Waals surface area contributed by atoms with Crippen LogP contribution < -0.4 is 4.90 Å². The summed E-state index contributed by atoms with van der Waals surface area (Å²) in [6.07, 6.45) is 1.97. The topological polar surface area (TPSA) is 37.4 Å². The summed E-state index contributed by atoms with van der Waals surface area (Å²) in [5.74, 6) is -0.792. The number of hydrogen-bond acceptors (Lipinski definition) is 3. The van der Waals surface area contributed by atoms with Gasteiger partial charge in [-0.25, -0.2) is 12.8 Å². The summed E-state index contributed by atoms with van der Waals surface area (Å²) in [6, 6.07) is 4.19. The van der Waals surface area contributed by atoms with Crippen LogP contribution in [0.25, 0.3) is 0 Å². The minimum atomic E-state index is -4.05. The Morgan fingerprint density at radius 3 is 2.44 bits per heavy atom. The maximum atomic E-state index is 13.5. The van der Waals surface area contributed by atoms with E-state index in [1.807, 2.05) is 4.90 Å². The zero-order valence-corrected chi connectivity index (χ0v) is 10.1. The summed E-state index contributed by atoms with van der Waals surface area (Å²) in [7, 11) is 1.21. The highest BCUT2D eigenvalue weighted by molar-refractivity contribution is 8.13. The molecule has 0 radical (unpaired) electrons. The molecule has 0 amide bonds. The molecule has 16 heavy (non-hydrogen) atoms. The van der Waals surface area contributed by atoms with Crippen molar-refractivity contribution in [1.29, 1.82) is 0 Å². The molecule has 0 aliphatic carbocycles. The first kappa shape index (κ1) is 11.7. The molecule has 1 aromatic rings. The van der Waals surface area contributed by atoms with E-state index < -0.39 is 19.8 Å². The second kappa shape index (κ2) is 4.22.